The fourth-order valence-corrected chi connectivity index (χ4v) is 4.93. The second-order valence-electron chi connectivity index (χ2n) is 6.36. The summed E-state index contributed by atoms with van der Waals surface area (Å²) in [6, 6.07) is 10.8. The highest BCUT2D eigenvalue weighted by Gasteiger charge is 2.34. The number of hydrogen-bond acceptors (Lipinski definition) is 4. The van der Waals surface area contributed by atoms with E-state index in [0.717, 1.165) is 10.8 Å². The third kappa shape index (κ3) is 2.78. The first kappa shape index (κ1) is 17.3. The molecule has 0 radical (unpaired) electrons. The van der Waals surface area contributed by atoms with Gasteiger partial charge in [-0.2, -0.15) is 0 Å². The van der Waals surface area contributed by atoms with Crippen molar-refractivity contribution in [3.63, 3.8) is 0 Å². The van der Waals surface area contributed by atoms with Crippen LogP contribution in [0, 0.1) is 6.92 Å². The van der Waals surface area contributed by atoms with Crippen LogP contribution in [-0.2, 0) is 16.6 Å². The molecule has 0 amide bonds. The zero-order chi connectivity index (χ0) is 19.2. The Hall–Kier alpha value is -3.13. The first-order valence-electron chi connectivity index (χ1n) is 8.39. The van der Waals surface area contributed by atoms with E-state index in [0.29, 0.717) is 16.1 Å². The van der Waals surface area contributed by atoms with Crippen LogP contribution < -0.4 is 15.6 Å². The molecule has 7 nitrogen and oxygen atoms in total. The van der Waals surface area contributed by atoms with Crippen molar-refractivity contribution >= 4 is 26.5 Å². The van der Waals surface area contributed by atoms with Gasteiger partial charge in [0.25, 0.3) is 15.6 Å². The van der Waals surface area contributed by atoms with Crippen LogP contribution in [0.5, 0.6) is 0 Å². The minimum absolute atomic E-state index is 0.160. The summed E-state index contributed by atoms with van der Waals surface area (Å²) in [6.07, 6.45) is 4.89. The summed E-state index contributed by atoms with van der Waals surface area (Å²) >= 11 is 0. The first-order chi connectivity index (χ1) is 12.9. The lowest BCUT2D eigenvalue weighted by Crippen LogP contribution is -2.30. The van der Waals surface area contributed by atoms with Crippen LogP contribution in [0.15, 0.2) is 69.2 Å². The quantitative estimate of drug-likeness (QED) is 0.695. The van der Waals surface area contributed by atoms with Gasteiger partial charge >= 0.3 is 5.69 Å². The summed E-state index contributed by atoms with van der Waals surface area (Å²) in [4.78, 5) is 25.7. The van der Waals surface area contributed by atoms with E-state index in [1.165, 1.54) is 15.1 Å². The van der Waals surface area contributed by atoms with Gasteiger partial charge in [0.2, 0.25) is 0 Å². The maximum absolute atomic E-state index is 12.9. The molecular formula is C19H17N3O4S. The van der Waals surface area contributed by atoms with Gasteiger partial charge in [0, 0.05) is 23.7 Å². The minimum atomic E-state index is -3.60. The lowest BCUT2D eigenvalue weighted by molar-refractivity contribution is 0.595. The molecule has 27 heavy (non-hydrogen) atoms. The molecule has 1 aliphatic heterocycles. The monoisotopic (exact) mass is 383 g/mol. The van der Waals surface area contributed by atoms with E-state index in [9.17, 15) is 18.0 Å². The molecule has 138 valence electrons. The van der Waals surface area contributed by atoms with Crippen LogP contribution in [0.1, 0.15) is 5.56 Å². The zero-order valence-corrected chi connectivity index (χ0v) is 15.4. The molecule has 0 aliphatic carbocycles. The Morgan fingerprint density at radius 2 is 1.74 bits per heavy atom. The van der Waals surface area contributed by atoms with Crippen LogP contribution in [-0.4, -0.2) is 24.5 Å². The van der Waals surface area contributed by atoms with Crippen molar-refractivity contribution in [3.8, 4) is 0 Å². The molecule has 1 aromatic heterocycles. The summed E-state index contributed by atoms with van der Waals surface area (Å²) in [5.74, 6) is 0. The molecule has 0 saturated heterocycles. The molecule has 0 atom stereocenters. The highest BCUT2D eigenvalue weighted by Crippen LogP contribution is 2.41. The van der Waals surface area contributed by atoms with Crippen molar-refractivity contribution in [2.24, 2.45) is 0 Å². The van der Waals surface area contributed by atoms with Gasteiger partial charge in [-0.1, -0.05) is 36.4 Å². The second kappa shape index (κ2) is 6.24. The molecule has 0 spiro atoms. The Kier molecular flexibility index (Phi) is 4.00. The molecule has 8 heteroatoms. The van der Waals surface area contributed by atoms with Crippen molar-refractivity contribution in [1.29, 1.82) is 0 Å². The highest BCUT2D eigenvalue weighted by atomic mass is 32.2. The van der Waals surface area contributed by atoms with Gasteiger partial charge in [0.05, 0.1) is 17.1 Å². The van der Waals surface area contributed by atoms with Crippen molar-refractivity contribution in [1.82, 2.24) is 9.55 Å². The van der Waals surface area contributed by atoms with Gasteiger partial charge in [-0.15, -0.1) is 0 Å². The average molecular weight is 383 g/mol. The average Bonchev–Trinajstić information content (AvgIpc) is 2.86. The molecule has 2 heterocycles. The smallest absolute Gasteiger partial charge is 0.297 e. The predicted molar refractivity (Wildman–Crippen MR) is 104 cm³/mol. The van der Waals surface area contributed by atoms with Crippen molar-refractivity contribution < 1.29 is 8.42 Å². The molecule has 4 rings (SSSR count). The molecule has 0 bridgehead atoms. The summed E-state index contributed by atoms with van der Waals surface area (Å²) in [5, 5.41) is 1.62. The normalized spacial score (nSPS) is 15.1. The van der Waals surface area contributed by atoms with Crippen molar-refractivity contribution in [3.05, 3.63) is 81.1 Å². The number of benzene rings is 2. The van der Waals surface area contributed by atoms with Crippen LogP contribution in [0.3, 0.4) is 0 Å². The van der Waals surface area contributed by atoms with Gasteiger partial charge in [0.15, 0.2) is 0 Å². The molecule has 3 aromatic rings. The summed E-state index contributed by atoms with van der Waals surface area (Å²) in [7, 11) is -3.60. The Balaban J connectivity index is 1.60. The third-order valence-corrected chi connectivity index (χ3v) is 6.43. The maximum atomic E-state index is 12.9. The SMILES string of the molecule is Cc1cn(C/C=C\CN2c3cccc4cccc(c34)S2(=O)=O)c(=O)[nH]c1=O. The largest absolute Gasteiger partial charge is 0.328 e. The third-order valence-electron chi connectivity index (χ3n) is 4.61. The van der Waals surface area contributed by atoms with Crippen molar-refractivity contribution in [2.45, 2.75) is 18.4 Å². The minimum Gasteiger partial charge on any atom is -0.297 e. The molecule has 0 unspecified atom stereocenters. The zero-order valence-electron chi connectivity index (χ0n) is 14.5. The van der Waals surface area contributed by atoms with Gasteiger partial charge in [-0.05, 0) is 24.4 Å². The first-order valence-corrected chi connectivity index (χ1v) is 9.83. The maximum Gasteiger partial charge on any atom is 0.328 e. The van der Waals surface area contributed by atoms with E-state index in [-0.39, 0.29) is 13.1 Å². The number of anilines is 1. The van der Waals surface area contributed by atoms with Crippen LogP contribution in [0.4, 0.5) is 5.69 Å². The number of hydrogen-bond donors (Lipinski definition) is 1. The number of nitrogens with one attached hydrogen (secondary N) is 1. The lowest BCUT2D eigenvalue weighted by atomic mass is 10.1. The Morgan fingerprint density at radius 1 is 1.04 bits per heavy atom. The fourth-order valence-electron chi connectivity index (χ4n) is 3.27. The fraction of sp³-hybridized carbons (Fsp3) is 0.158. The van der Waals surface area contributed by atoms with Gasteiger partial charge in [-0.25, -0.2) is 13.2 Å². The standard InChI is InChI=1S/C19H17N3O4S/c1-13-12-21(19(24)20-18(13)23)10-2-3-11-22-15-8-4-6-14-7-5-9-16(17(14)15)27(22,25)26/h2-9,12H,10-11H2,1H3,(H,20,23,24)/b3-2-. The number of aromatic nitrogens is 2. The predicted octanol–water partition coefficient (Wildman–Crippen LogP) is 1.76. The topological polar surface area (TPSA) is 92.2 Å². The van der Waals surface area contributed by atoms with E-state index in [1.54, 1.807) is 37.3 Å². The molecule has 1 N–H and O–H groups in total. The lowest BCUT2D eigenvalue weighted by Gasteiger charge is -2.16. The van der Waals surface area contributed by atoms with E-state index < -0.39 is 21.3 Å². The number of nitrogens with zero attached hydrogens (tertiary/aromatic N) is 2. The Labute approximate surface area is 155 Å². The summed E-state index contributed by atoms with van der Waals surface area (Å²) in [5.41, 5.74) is 0.188. The highest BCUT2D eigenvalue weighted by molar-refractivity contribution is 7.93. The van der Waals surface area contributed by atoms with E-state index in [4.69, 9.17) is 0 Å². The number of allylic oxidation sites excluding steroid dienone is 1. The van der Waals surface area contributed by atoms with Gasteiger partial charge in [-0.3, -0.25) is 18.7 Å². The van der Waals surface area contributed by atoms with Crippen LogP contribution in [0.25, 0.3) is 10.8 Å². The molecule has 0 saturated carbocycles. The van der Waals surface area contributed by atoms with Gasteiger partial charge < -0.3 is 0 Å². The van der Waals surface area contributed by atoms with E-state index in [1.807, 2.05) is 18.2 Å². The molecule has 1 aliphatic rings. The molecule has 2 aromatic carbocycles. The van der Waals surface area contributed by atoms with E-state index in [2.05, 4.69) is 4.98 Å². The number of aromatic amines is 1. The number of aryl methyl sites for hydroxylation is 1. The molecular weight excluding hydrogens is 366 g/mol. The summed E-state index contributed by atoms with van der Waals surface area (Å²) < 4.78 is 28.5. The van der Waals surface area contributed by atoms with Gasteiger partial charge in [0.1, 0.15) is 0 Å². The number of H-pyrrole nitrogens is 1. The van der Waals surface area contributed by atoms with Crippen LogP contribution in [0.2, 0.25) is 0 Å². The van der Waals surface area contributed by atoms with Crippen molar-refractivity contribution in [2.75, 3.05) is 10.8 Å². The van der Waals surface area contributed by atoms with Crippen LogP contribution >= 0.6 is 0 Å². The molecule has 0 fully saturated rings. The number of sulfonamides is 1. The number of rotatable bonds is 4. The Bertz CT molecular complexity index is 1300. The second-order valence-corrected chi connectivity index (χ2v) is 8.19. The van der Waals surface area contributed by atoms with E-state index >= 15 is 0 Å². The Morgan fingerprint density at radius 3 is 2.52 bits per heavy atom. The summed E-state index contributed by atoms with van der Waals surface area (Å²) in [6.45, 7) is 2.02.